The lowest BCUT2D eigenvalue weighted by Crippen LogP contribution is -2.20. The van der Waals surface area contributed by atoms with E-state index in [2.05, 4.69) is 25.4 Å². The van der Waals surface area contributed by atoms with Gasteiger partial charge >= 0.3 is 6.18 Å². The predicted octanol–water partition coefficient (Wildman–Crippen LogP) is 2.46. The maximum absolute atomic E-state index is 13.2. The SMILES string of the molecule is C[C@@H](CO)n1cc(C(=O)c2cncc(NC(=O)Cn3ccc(C(F)(F)F)n3)c2)c2cncnc21. The molecule has 176 valence electrons. The van der Waals surface area contributed by atoms with Gasteiger partial charge in [0.2, 0.25) is 5.91 Å². The van der Waals surface area contributed by atoms with Gasteiger partial charge in [-0.1, -0.05) is 0 Å². The third-order valence-corrected chi connectivity index (χ3v) is 5.00. The lowest BCUT2D eigenvalue weighted by Gasteiger charge is -2.10. The van der Waals surface area contributed by atoms with Crippen LogP contribution in [0.1, 0.15) is 34.6 Å². The highest BCUT2D eigenvalue weighted by molar-refractivity contribution is 6.16. The Bertz CT molecular complexity index is 1360. The number of carbonyl (C=O) groups excluding carboxylic acids is 2. The summed E-state index contributed by atoms with van der Waals surface area (Å²) in [5.74, 6) is -1.06. The van der Waals surface area contributed by atoms with Gasteiger partial charge in [0.25, 0.3) is 0 Å². The zero-order chi connectivity index (χ0) is 24.5. The Balaban J connectivity index is 1.54. The molecule has 1 amide bonds. The van der Waals surface area contributed by atoms with Crippen molar-refractivity contribution in [3.63, 3.8) is 0 Å². The number of halogens is 3. The number of amides is 1. The van der Waals surface area contributed by atoms with E-state index in [0.717, 1.165) is 16.9 Å². The van der Waals surface area contributed by atoms with Crippen molar-refractivity contribution in [1.82, 2.24) is 29.3 Å². The van der Waals surface area contributed by atoms with Crippen molar-refractivity contribution in [2.45, 2.75) is 25.7 Å². The predicted molar refractivity (Wildman–Crippen MR) is 113 cm³/mol. The van der Waals surface area contributed by atoms with Gasteiger partial charge in [-0.2, -0.15) is 18.3 Å². The molecule has 0 saturated heterocycles. The molecule has 0 aliphatic rings. The number of fused-ring (bicyclic) bond motifs is 1. The zero-order valence-corrected chi connectivity index (χ0v) is 17.7. The summed E-state index contributed by atoms with van der Waals surface area (Å²) in [4.78, 5) is 37.6. The Labute approximate surface area is 190 Å². The van der Waals surface area contributed by atoms with E-state index in [1.165, 1.54) is 31.0 Å². The number of alkyl halides is 3. The average Bonchev–Trinajstić information content (AvgIpc) is 3.43. The fourth-order valence-electron chi connectivity index (χ4n) is 3.33. The lowest BCUT2D eigenvalue weighted by molar-refractivity contribution is -0.141. The second-order valence-electron chi connectivity index (χ2n) is 7.48. The first-order valence-corrected chi connectivity index (χ1v) is 9.99. The van der Waals surface area contributed by atoms with Gasteiger partial charge in [0, 0.05) is 35.7 Å². The van der Waals surface area contributed by atoms with Crippen molar-refractivity contribution in [3.8, 4) is 0 Å². The van der Waals surface area contributed by atoms with Crippen LogP contribution in [-0.4, -0.2) is 52.7 Å². The minimum atomic E-state index is -4.61. The van der Waals surface area contributed by atoms with Gasteiger partial charge in [-0.15, -0.1) is 0 Å². The van der Waals surface area contributed by atoms with Crippen molar-refractivity contribution in [3.05, 3.63) is 66.3 Å². The number of nitrogens with one attached hydrogen (secondary N) is 1. The summed E-state index contributed by atoms with van der Waals surface area (Å²) < 4.78 is 40.5. The molecule has 0 unspecified atom stereocenters. The van der Waals surface area contributed by atoms with Gasteiger partial charge in [-0.25, -0.2) is 9.97 Å². The summed E-state index contributed by atoms with van der Waals surface area (Å²) in [7, 11) is 0. The number of rotatable bonds is 7. The maximum atomic E-state index is 13.2. The van der Waals surface area contributed by atoms with Crippen LogP contribution in [0, 0.1) is 0 Å². The van der Waals surface area contributed by atoms with E-state index in [0.29, 0.717) is 11.0 Å². The third-order valence-electron chi connectivity index (χ3n) is 5.00. The van der Waals surface area contributed by atoms with Gasteiger partial charge < -0.3 is 15.0 Å². The number of aromatic nitrogens is 6. The summed E-state index contributed by atoms with van der Waals surface area (Å²) >= 11 is 0. The lowest BCUT2D eigenvalue weighted by atomic mass is 10.1. The second-order valence-corrected chi connectivity index (χ2v) is 7.48. The van der Waals surface area contributed by atoms with E-state index in [4.69, 9.17) is 0 Å². The summed E-state index contributed by atoms with van der Waals surface area (Å²) in [6.07, 6.45) is 3.47. The number of aliphatic hydroxyl groups is 1. The van der Waals surface area contributed by atoms with Crippen LogP contribution in [0.3, 0.4) is 0 Å². The van der Waals surface area contributed by atoms with Crippen LogP contribution < -0.4 is 5.32 Å². The van der Waals surface area contributed by atoms with Crippen molar-refractivity contribution >= 4 is 28.4 Å². The number of carbonyl (C=O) groups is 2. The molecule has 2 N–H and O–H groups in total. The van der Waals surface area contributed by atoms with Crippen molar-refractivity contribution < 1.29 is 27.9 Å². The molecule has 0 aromatic carbocycles. The minimum Gasteiger partial charge on any atom is -0.394 e. The summed E-state index contributed by atoms with van der Waals surface area (Å²) in [6, 6.07) is 1.84. The molecular formula is C21H18F3N7O3. The number of nitrogens with zero attached hydrogens (tertiary/aromatic N) is 6. The largest absolute Gasteiger partial charge is 0.435 e. The molecule has 4 heterocycles. The number of pyridine rings is 1. The van der Waals surface area contributed by atoms with Gasteiger partial charge in [0.1, 0.15) is 18.5 Å². The van der Waals surface area contributed by atoms with Gasteiger partial charge in [0.15, 0.2) is 11.5 Å². The standard InChI is InChI=1S/C21H18F3N7O3/c1-12(10-32)31-8-16(15-7-26-11-27-20(15)31)19(34)13-4-14(6-25-5-13)28-18(33)9-30-3-2-17(29-30)21(22,23)24/h2-8,11-12,32H,9-10H2,1H3,(H,28,33)/t12-/m0/s1. The van der Waals surface area contributed by atoms with E-state index < -0.39 is 30.1 Å². The minimum absolute atomic E-state index is 0.162. The van der Waals surface area contributed by atoms with Crippen molar-refractivity contribution in [2.24, 2.45) is 0 Å². The van der Waals surface area contributed by atoms with E-state index in [1.807, 2.05) is 0 Å². The molecule has 34 heavy (non-hydrogen) atoms. The molecule has 4 aromatic heterocycles. The van der Waals surface area contributed by atoms with Gasteiger partial charge in [-0.05, 0) is 19.1 Å². The summed E-state index contributed by atoms with van der Waals surface area (Å²) in [6.45, 7) is 1.15. The number of hydrogen-bond acceptors (Lipinski definition) is 7. The number of hydrogen-bond donors (Lipinski definition) is 2. The van der Waals surface area contributed by atoms with Gasteiger partial charge in [0.05, 0.1) is 30.1 Å². The van der Waals surface area contributed by atoms with E-state index in [-0.39, 0.29) is 29.5 Å². The molecule has 0 radical (unpaired) electrons. The van der Waals surface area contributed by atoms with Crippen LogP contribution in [0.15, 0.2) is 49.4 Å². The highest BCUT2D eigenvalue weighted by Crippen LogP contribution is 2.27. The molecule has 10 nitrogen and oxygen atoms in total. The molecule has 0 bridgehead atoms. The van der Waals surface area contributed by atoms with E-state index in [1.54, 1.807) is 17.7 Å². The van der Waals surface area contributed by atoms with Crippen LogP contribution in [0.25, 0.3) is 11.0 Å². The van der Waals surface area contributed by atoms with Crippen molar-refractivity contribution in [1.29, 1.82) is 0 Å². The third kappa shape index (κ3) is 4.64. The smallest absolute Gasteiger partial charge is 0.394 e. The Morgan fingerprint density at radius 1 is 1.21 bits per heavy atom. The van der Waals surface area contributed by atoms with Crippen LogP contribution in [0.2, 0.25) is 0 Å². The molecular weight excluding hydrogens is 455 g/mol. The van der Waals surface area contributed by atoms with E-state index >= 15 is 0 Å². The monoisotopic (exact) mass is 473 g/mol. The molecule has 4 aromatic rings. The molecule has 0 aliphatic heterocycles. The number of ketones is 1. The van der Waals surface area contributed by atoms with Crippen LogP contribution in [-0.2, 0) is 17.5 Å². The average molecular weight is 473 g/mol. The Hall–Kier alpha value is -4.13. The van der Waals surface area contributed by atoms with Crippen molar-refractivity contribution in [2.75, 3.05) is 11.9 Å². The molecule has 0 fully saturated rings. The van der Waals surface area contributed by atoms with Crippen LogP contribution in [0.4, 0.5) is 18.9 Å². The Morgan fingerprint density at radius 2 is 2.00 bits per heavy atom. The Kier molecular flexibility index (Phi) is 6.11. The van der Waals surface area contributed by atoms with Crippen LogP contribution in [0.5, 0.6) is 0 Å². The first-order valence-electron chi connectivity index (χ1n) is 9.99. The maximum Gasteiger partial charge on any atom is 0.435 e. The van der Waals surface area contributed by atoms with Gasteiger partial charge in [-0.3, -0.25) is 19.3 Å². The molecule has 0 saturated carbocycles. The molecule has 13 heteroatoms. The Morgan fingerprint density at radius 3 is 2.71 bits per heavy atom. The number of aliphatic hydroxyl groups excluding tert-OH is 1. The zero-order valence-electron chi connectivity index (χ0n) is 17.7. The first-order chi connectivity index (χ1) is 16.2. The highest BCUT2D eigenvalue weighted by atomic mass is 19.4. The topological polar surface area (TPSA) is 128 Å². The first kappa shape index (κ1) is 23.0. The highest BCUT2D eigenvalue weighted by Gasteiger charge is 2.33. The molecule has 0 aliphatic carbocycles. The number of anilines is 1. The second kappa shape index (κ2) is 9.02. The van der Waals surface area contributed by atoms with Crippen LogP contribution >= 0.6 is 0 Å². The fraction of sp³-hybridized carbons (Fsp3) is 0.238. The molecule has 1 atom stereocenters. The fourth-order valence-corrected chi connectivity index (χ4v) is 3.33. The summed E-state index contributed by atoms with van der Waals surface area (Å²) in [5.41, 5.74) is 0.0129. The molecule has 0 spiro atoms. The van der Waals surface area contributed by atoms with E-state index in [9.17, 15) is 27.9 Å². The quantitative estimate of drug-likeness (QED) is 0.395. The molecule has 4 rings (SSSR count). The summed E-state index contributed by atoms with van der Waals surface area (Å²) in [5, 5.41) is 15.8. The normalized spacial score (nSPS) is 12.6.